The molecular weight excluding hydrogens is 418 g/mol. The van der Waals surface area contributed by atoms with Gasteiger partial charge < -0.3 is 19.1 Å². The maximum Gasteiger partial charge on any atom is 0.410 e. The van der Waals surface area contributed by atoms with Crippen LogP contribution in [0.1, 0.15) is 33.6 Å². The van der Waals surface area contributed by atoms with E-state index in [1.54, 1.807) is 17.3 Å². The Morgan fingerprint density at radius 2 is 1.90 bits per heavy atom. The van der Waals surface area contributed by atoms with Crippen molar-refractivity contribution in [1.29, 1.82) is 0 Å². The molecule has 0 saturated carbocycles. The number of likely N-dealkylation sites (tertiary alicyclic amines) is 1. The summed E-state index contributed by atoms with van der Waals surface area (Å²) in [7, 11) is -1.08. The average molecular weight is 446 g/mol. The third-order valence-corrected chi connectivity index (χ3v) is 6.35. The summed E-state index contributed by atoms with van der Waals surface area (Å²) >= 11 is 0. The summed E-state index contributed by atoms with van der Waals surface area (Å²) in [6, 6.07) is 5.90. The van der Waals surface area contributed by atoms with Gasteiger partial charge >= 0.3 is 12.1 Å². The summed E-state index contributed by atoms with van der Waals surface area (Å²) in [5.41, 5.74) is 1.26. The second kappa shape index (κ2) is 8.82. The van der Waals surface area contributed by atoms with Gasteiger partial charge in [-0.15, -0.1) is 0 Å². The van der Waals surface area contributed by atoms with Crippen molar-refractivity contribution < 1.29 is 23.2 Å². The molecule has 3 heterocycles. The molecule has 2 aliphatic rings. The summed E-state index contributed by atoms with van der Waals surface area (Å²) in [6.07, 6.45) is 4.87. The number of fused-ring (bicyclic) bond motifs is 1. The molecule has 1 aromatic carbocycles. The minimum absolute atomic E-state index is 0.207. The van der Waals surface area contributed by atoms with E-state index in [4.69, 9.17) is 14.2 Å². The van der Waals surface area contributed by atoms with Gasteiger partial charge in [0, 0.05) is 31.0 Å². The van der Waals surface area contributed by atoms with Gasteiger partial charge in [0.2, 0.25) is 0 Å². The Bertz CT molecular complexity index is 966. The SMILES string of the molecule is CC(C)(C)OC(=O)N1CCC(COc2ncc(-c3ccc4c(c3)OC[S@]4=O)cn2)CC1. The zero-order valence-corrected chi connectivity index (χ0v) is 18.8. The van der Waals surface area contributed by atoms with Crippen LogP contribution in [0.15, 0.2) is 35.5 Å². The summed E-state index contributed by atoms with van der Waals surface area (Å²) < 4.78 is 28.4. The number of carbonyl (C=O) groups is 1. The van der Waals surface area contributed by atoms with Gasteiger partial charge in [-0.05, 0) is 57.2 Å². The number of nitrogens with zero attached hydrogens (tertiary/aromatic N) is 3. The molecule has 0 spiro atoms. The fourth-order valence-electron chi connectivity index (χ4n) is 3.51. The highest BCUT2D eigenvalue weighted by atomic mass is 32.2. The van der Waals surface area contributed by atoms with E-state index in [-0.39, 0.29) is 12.0 Å². The number of hydrogen-bond acceptors (Lipinski definition) is 7. The molecule has 8 nitrogen and oxygen atoms in total. The van der Waals surface area contributed by atoms with E-state index in [0.29, 0.717) is 37.4 Å². The van der Waals surface area contributed by atoms with Gasteiger partial charge in [-0.3, -0.25) is 4.21 Å². The normalized spacial score (nSPS) is 18.9. The van der Waals surface area contributed by atoms with Crippen LogP contribution < -0.4 is 9.47 Å². The Morgan fingerprint density at radius 3 is 2.58 bits per heavy atom. The van der Waals surface area contributed by atoms with Crippen molar-refractivity contribution in [3.05, 3.63) is 30.6 Å². The predicted molar refractivity (Wildman–Crippen MR) is 115 cm³/mol. The minimum Gasteiger partial charge on any atom is -0.479 e. The van der Waals surface area contributed by atoms with Gasteiger partial charge in [-0.2, -0.15) is 0 Å². The van der Waals surface area contributed by atoms with Crippen LogP contribution in [0.4, 0.5) is 4.79 Å². The molecule has 9 heteroatoms. The van der Waals surface area contributed by atoms with Gasteiger partial charge in [0.15, 0.2) is 5.94 Å². The highest BCUT2D eigenvalue weighted by molar-refractivity contribution is 7.85. The second-order valence-electron chi connectivity index (χ2n) is 8.75. The first-order valence-corrected chi connectivity index (χ1v) is 11.7. The van der Waals surface area contributed by atoms with Crippen LogP contribution in [0.2, 0.25) is 0 Å². The summed E-state index contributed by atoms with van der Waals surface area (Å²) in [4.78, 5) is 23.3. The number of aromatic nitrogens is 2. The van der Waals surface area contributed by atoms with Gasteiger partial charge in [-0.1, -0.05) is 6.07 Å². The number of ether oxygens (including phenoxy) is 3. The Labute approximate surface area is 184 Å². The molecule has 1 atom stereocenters. The predicted octanol–water partition coefficient (Wildman–Crippen LogP) is 3.63. The minimum atomic E-state index is -1.08. The van der Waals surface area contributed by atoms with Crippen molar-refractivity contribution in [2.24, 2.45) is 5.92 Å². The van der Waals surface area contributed by atoms with Crippen molar-refractivity contribution in [2.75, 3.05) is 25.6 Å². The van der Waals surface area contributed by atoms with Gasteiger partial charge in [0.25, 0.3) is 0 Å². The molecule has 0 aliphatic carbocycles. The van der Waals surface area contributed by atoms with Crippen LogP contribution in [-0.2, 0) is 15.5 Å². The topological polar surface area (TPSA) is 90.9 Å². The average Bonchev–Trinajstić information content (AvgIpc) is 3.12. The molecule has 1 fully saturated rings. The second-order valence-corrected chi connectivity index (χ2v) is 10.1. The van der Waals surface area contributed by atoms with Crippen molar-refractivity contribution in [2.45, 2.75) is 44.1 Å². The molecule has 0 radical (unpaired) electrons. The molecule has 2 aromatic rings. The monoisotopic (exact) mass is 445 g/mol. The number of hydrogen-bond donors (Lipinski definition) is 0. The molecule has 0 N–H and O–H groups in total. The van der Waals surface area contributed by atoms with Crippen LogP contribution >= 0.6 is 0 Å². The quantitative estimate of drug-likeness (QED) is 0.710. The Hall–Kier alpha value is -2.68. The lowest BCUT2D eigenvalue weighted by Crippen LogP contribution is -2.42. The maximum atomic E-state index is 12.2. The molecular formula is C22H27N3O5S. The third-order valence-electron chi connectivity index (χ3n) is 5.19. The van der Waals surface area contributed by atoms with E-state index in [9.17, 15) is 9.00 Å². The number of carbonyl (C=O) groups excluding carboxylic acids is 1. The van der Waals surface area contributed by atoms with E-state index in [0.717, 1.165) is 28.9 Å². The Kier molecular flexibility index (Phi) is 6.13. The summed E-state index contributed by atoms with van der Waals surface area (Å²) in [6.45, 7) is 7.45. The van der Waals surface area contributed by atoms with Crippen LogP contribution in [0.25, 0.3) is 11.1 Å². The van der Waals surface area contributed by atoms with E-state index < -0.39 is 16.4 Å². The van der Waals surface area contributed by atoms with Crippen molar-refractivity contribution in [3.63, 3.8) is 0 Å². The van der Waals surface area contributed by atoms with Crippen LogP contribution in [0.3, 0.4) is 0 Å². The first kappa shape index (κ1) is 21.5. The standard InChI is InChI=1S/C22H27N3O5S/c1-22(2,3)30-21(26)25-8-6-15(7-9-25)13-28-20-23-11-17(12-24-20)16-4-5-19-18(10-16)29-14-31(19)27/h4-5,10-12,15H,6-9,13-14H2,1-3H3/t31-/m1/s1. The molecule has 0 bridgehead atoms. The highest BCUT2D eigenvalue weighted by Gasteiger charge is 2.27. The van der Waals surface area contributed by atoms with E-state index in [1.807, 2.05) is 39.0 Å². The molecule has 1 amide bonds. The summed E-state index contributed by atoms with van der Waals surface area (Å²) in [5, 5.41) is 0. The summed E-state index contributed by atoms with van der Waals surface area (Å²) in [5.74, 6) is 1.20. The molecule has 31 heavy (non-hydrogen) atoms. The fraction of sp³-hybridized carbons (Fsp3) is 0.500. The maximum absolute atomic E-state index is 12.2. The molecule has 166 valence electrons. The number of rotatable bonds is 4. The van der Waals surface area contributed by atoms with Crippen LogP contribution in [0, 0.1) is 5.92 Å². The third kappa shape index (κ3) is 5.33. The van der Waals surface area contributed by atoms with Crippen molar-refractivity contribution in [1.82, 2.24) is 14.9 Å². The molecule has 4 rings (SSSR count). The van der Waals surface area contributed by atoms with E-state index in [1.165, 1.54) is 0 Å². The van der Waals surface area contributed by atoms with Crippen molar-refractivity contribution >= 4 is 16.9 Å². The van der Waals surface area contributed by atoms with E-state index in [2.05, 4.69) is 9.97 Å². The molecule has 2 aliphatic heterocycles. The first-order valence-electron chi connectivity index (χ1n) is 10.4. The lowest BCUT2D eigenvalue weighted by atomic mass is 9.98. The smallest absolute Gasteiger partial charge is 0.410 e. The molecule has 0 unspecified atom stereocenters. The van der Waals surface area contributed by atoms with Gasteiger partial charge in [0.1, 0.15) is 11.4 Å². The van der Waals surface area contributed by atoms with E-state index >= 15 is 0 Å². The largest absolute Gasteiger partial charge is 0.479 e. The number of amides is 1. The first-order chi connectivity index (χ1) is 14.8. The number of piperidine rings is 1. The molecule has 1 saturated heterocycles. The lowest BCUT2D eigenvalue weighted by molar-refractivity contribution is 0.0163. The molecule has 1 aromatic heterocycles. The fourth-order valence-corrected chi connectivity index (χ4v) is 4.43. The zero-order valence-electron chi connectivity index (χ0n) is 18.0. The van der Waals surface area contributed by atoms with Gasteiger partial charge in [0.05, 0.1) is 22.3 Å². The Balaban J connectivity index is 1.27. The number of benzene rings is 1. The van der Waals surface area contributed by atoms with Crippen molar-refractivity contribution in [3.8, 4) is 22.9 Å². The van der Waals surface area contributed by atoms with Crippen LogP contribution in [0.5, 0.6) is 11.8 Å². The Morgan fingerprint density at radius 1 is 1.19 bits per heavy atom. The van der Waals surface area contributed by atoms with Gasteiger partial charge in [-0.25, -0.2) is 14.8 Å². The zero-order chi connectivity index (χ0) is 22.0. The lowest BCUT2D eigenvalue weighted by Gasteiger charge is -2.33. The van der Waals surface area contributed by atoms with Crippen LogP contribution in [-0.4, -0.2) is 56.4 Å². The highest BCUT2D eigenvalue weighted by Crippen LogP contribution is 2.33.